The second-order valence-electron chi connectivity index (χ2n) is 13.5. The lowest BCUT2D eigenvalue weighted by atomic mass is 9.84. The molecule has 3 aliphatic rings. The normalized spacial score (nSPS) is 36.9. The number of nitrogens with two attached hydrogens (primary N) is 3. The van der Waals surface area contributed by atoms with Crippen LogP contribution in [0.15, 0.2) is 0 Å². The van der Waals surface area contributed by atoms with Gasteiger partial charge in [0.25, 0.3) is 0 Å². The van der Waals surface area contributed by atoms with Gasteiger partial charge in [-0.1, -0.05) is 0 Å². The summed E-state index contributed by atoms with van der Waals surface area (Å²) < 4.78 is 27.8. The van der Waals surface area contributed by atoms with Crippen LogP contribution >= 0.6 is 0 Å². The molecule has 15 N–H and O–H groups in total. The number of carbonyl (C=O) groups is 6. The molecule has 29 nitrogen and oxygen atoms in total. The molecule has 3 rings (SSSR count). The molecule has 0 bridgehead atoms. The zero-order valence-corrected chi connectivity index (χ0v) is 31.0. The van der Waals surface area contributed by atoms with Gasteiger partial charge in [-0.3, -0.25) is 0 Å². The van der Waals surface area contributed by atoms with Crippen LogP contribution in [-0.2, 0) is 81.8 Å². The van der Waals surface area contributed by atoms with Gasteiger partial charge in [0.2, 0.25) is 0 Å². The van der Waals surface area contributed by atoms with Gasteiger partial charge in [-0.25, -0.2) is 58.1 Å². The van der Waals surface area contributed by atoms with E-state index in [4.69, 9.17) is 40.9 Å². The van der Waals surface area contributed by atoms with Gasteiger partial charge in [-0.15, -0.1) is 0 Å². The summed E-state index contributed by atoms with van der Waals surface area (Å²) in [5.41, 5.74) is 12.0. The van der Waals surface area contributed by atoms with Crippen LogP contribution in [0.4, 0.5) is 0 Å². The van der Waals surface area contributed by atoms with E-state index in [1.165, 1.54) is 0 Å². The molecule has 16 atom stereocenters. The lowest BCUT2D eigenvalue weighted by Gasteiger charge is -2.51. The first-order valence-corrected chi connectivity index (χ1v) is 17.2. The zero-order valence-electron chi connectivity index (χ0n) is 31.0. The van der Waals surface area contributed by atoms with E-state index >= 15 is 0 Å². The Labute approximate surface area is 330 Å². The molecule has 29 heteroatoms. The molecule has 59 heavy (non-hydrogen) atoms. The molecule has 0 aromatic heterocycles. The summed E-state index contributed by atoms with van der Waals surface area (Å²) in [5.74, 6) is -9.42. The Kier molecular flexibility index (Phi) is 17.7. The van der Waals surface area contributed by atoms with Crippen molar-refractivity contribution in [1.82, 2.24) is 0 Å². The number of carbonyl (C=O) groups excluding carboxylic acids is 6. The molecule has 0 saturated carbocycles. The Morgan fingerprint density at radius 3 is 1.61 bits per heavy atom. The second-order valence-corrected chi connectivity index (χ2v) is 13.5. The van der Waals surface area contributed by atoms with Crippen molar-refractivity contribution in [3.8, 4) is 0 Å². The van der Waals surface area contributed by atoms with Crippen molar-refractivity contribution in [3.05, 3.63) is 0 Å². The number of hydrogen-bond acceptors (Lipinski definition) is 29. The van der Waals surface area contributed by atoms with Crippen LogP contribution in [0.1, 0.15) is 33.1 Å². The van der Waals surface area contributed by atoms with Crippen LogP contribution < -0.4 is 17.2 Å². The molecule has 3 aliphatic heterocycles. The minimum absolute atomic E-state index is 0.768. The molecule has 3 heterocycles. The maximum Gasteiger partial charge on any atom is 0.387 e. The van der Waals surface area contributed by atoms with Crippen molar-refractivity contribution in [1.29, 1.82) is 0 Å². The Bertz CT molecular complexity index is 1490. The third-order valence-corrected chi connectivity index (χ3v) is 9.00. The predicted molar refractivity (Wildman–Crippen MR) is 173 cm³/mol. The highest BCUT2D eigenvalue weighted by Crippen LogP contribution is 2.36. The lowest BCUT2D eigenvalue weighted by molar-refractivity contribution is -0.361. The highest BCUT2D eigenvalue weighted by Gasteiger charge is 2.57. The van der Waals surface area contributed by atoms with Crippen LogP contribution in [0.25, 0.3) is 0 Å². The van der Waals surface area contributed by atoms with Crippen LogP contribution in [0.5, 0.6) is 0 Å². The summed E-state index contributed by atoms with van der Waals surface area (Å²) in [6, 6.07) is -4.75. The molecule has 0 aromatic rings. The van der Waals surface area contributed by atoms with E-state index in [2.05, 4.69) is 29.3 Å². The summed E-state index contributed by atoms with van der Waals surface area (Å²) in [5, 5.41) is 94.0. The van der Waals surface area contributed by atoms with Gasteiger partial charge in [-0.05, 0) is 0 Å². The van der Waals surface area contributed by atoms with Gasteiger partial charge in [0, 0.05) is 13.8 Å². The van der Waals surface area contributed by atoms with E-state index in [-0.39, 0.29) is 0 Å². The summed E-state index contributed by atoms with van der Waals surface area (Å²) in [7, 11) is 0. The number of ether oxygens (including phenoxy) is 5. The highest BCUT2D eigenvalue weighted by atomic mass is 17.2. The Morgan fingerprint density at radius 1 is 0.627 bits per heavy atom. The van der Waals surface area contributed by atoms with Crippen LogP contribution in [0.3, 0.4) is 0 Å². The summed E-state index contributed by atoms with van der Waals surface area (Å²) >= 11 is 0. The minimum Gasteiger partial charge on any atom is -0.394 e. The largest absolute Gasteiger partial charge is 0.394 e. The fraction of sp³-hybridized carbons (Fsp3) is 0.800. The molecular weight excluding hydrogens is 818 g/mol. The first-order valence-electron chi connectivity index (χ1n) is 17.2. The molecule has 3 saturated heterocycles. The first kappa shape index (κ1) is 49.5. The maximum atomic E-state index is 12.8. The summed E-state index contributed by atoms with van der Waals surface area (Å²) in [4.78, 5) is 96.3. The molecule has 0 spiro atoms. The fourth-order valence-electron chi connectivity index (χ4n) is 5.86. The first-order chi connectivity index (χ1) is 27.5. The molecule has 0 aliphatic carbocycles. The molecule has 3 unspecified atom stereocenters. The average molecular weight is 866 g/mol. The van der Waals surface area contributed by atoms with Gasteiger partial charge in [0.1, 0.15) is 54.4 Å². The minimum atomic E-state index is -3.28. The average Bonchev–Trinajstić information content (AvgIpc) is 3.18. The van der Waals surface area contributed by atoms with E-state index < -0.39 is 172 Å². The van der Waals surface area contributed by atoms with E-state index in [1.807, 2.05) is 0 Å². The smallest absolute Gasteiger partial charge is 0.387 e. The van der Waals surface area contributed by atoms with Gasteiger partial charge < -0.3 is 86.8 Å². The molecule has 0 aromatic carbocycles. The van der Waals surface area contributed by atoms with Crippen LogP contribution in [0.2, 0.25) is 0 Å². The van der Waals surface area contributed by atoms with Crippen LogP contribution in [-0.4, -0.2) is 199 Å². The fourth-order valence-corrected chi connectivity index (χ4v) is 5.86. The Balaban J connectivity index is 1.71. The van der Waals surface area contributed by atoms with Crippen LogP contribution in [0, 0.1) is 0 Å². The second kappa shape index (κ2) is 21.1. The topological polar surface area (TPSA) is 464 Å². The highest BCUT2D eigenvalue weighted by molar-refractivity contribution is 5.90. The van der Waals surface area contributed by atoms with Gasteiger partial charge in [0.05, 0.1) is 57.2 Å². The summed E-state index contributed by atoms with van der Waals surface area (Å²) in [6.07, 6.45) is -23.7. The third kappa shape index (κ3) is 12.1. The molecule has 338 valence electrons. The van der Waals surface area contributed by atoms with Gasteiger partial charge in [0.15, 0.2) is 24.5 Å². The standard InChI is InChI=1S/C30H47N3O26/c1-9(37)54-56-13(39)3-29(48,28(47)59-55-10(2)38)4-14(40)57-58-15(41)5-30(8-36)24(45)21(44)18(33)27(53-30)52-23-12(7-35)50-26(17(32)20(23)43)51-22-11(6-34)49-25(46)16(31)19(22)42/h11-12,16-27,34-36,42-46,48H,3-8,31-33H2,1-2H3/t11-,12-,16-,17-,18-,19-,20-,21-,22?,23?,24+,25-,26+,27+,29?,30-/m1/s1. The Hall–Kier alpha value is -3.86. The molecule has 3 fully saturated rings. The van der Waals surface area contributed by atoms with Crippen molar-refractivity contribution in [3.63, 3.8) is 0 Å². The molecular formula is C30H47N3O26. The summed E-state index contributed by atoms with van der Waals surface area (Å²) in [6.45, 7) is -1.47. The zero-order chi connectivity index (χ0) is 44.6. The Morgan fingerprint density at radius 2 is 1.08 bits per heavy atom. The van der Waals surface area contributed by atoms with E-state index in [1.54, 1.807) is 0 Å². The predicted octanol–water partition coefficient (Wildman–Crippen LogP) is -9.36. The van der Waals surface area contributed by atoms with Crippen molar-refractivity contribution in [2.45, 2.75) is 130 Å². The van der Waals surface area contributed by atoms with Crippen molar-refractivity contribution < 1.29 is 128 Å². The molecule has 0 radical (unpaired) electrons. The number of hydrogen-bond donors (Lipinski definition) is 12. The monoisotopic (exact) mass is 865 g/mol. The number of aliphatic hydroxyl groups is 9. The quantitative estimate of drug-likeness (QED) is 0.0570. The lowest BCUT2D eigenvalue weighted by Crippen LogP contribution is -2.71. The maximum absolute atomic E-state index is 12.8. The van der Waals surface area contributed by atoms with Gasteiger partial charge >= 0.3 is 35.8 Å². The van der Waals surface area contributed by atoms with Crippen molar-refractivity contribution in [2.75, 3.05) is 19.8 Å². The van der Waals surface area contributed by atoms with Crippen molar-refractivity contribution in [2.24, 2.45) is 17.2 Å². The number of aliphatic hydroxyl groups excluding tert-OH is 8. The SMILES string of the molecule is CC(=O)OOC(=O)CC(O)(CC(=O)OOC(=O)C[C@]1(CO)O[C@H](OC2[C@@H](CO)O[C@@H](OC3[C@@H](CO)O[C@@H](O)[C@H](N)[C@H]3O)[C@H](N)[C@H]2O)[C@H](N)[C@@H](O)[C@@H]1O)C(=O)OOC(C)=O. The third-order valence-electron chi connectivity index (χ3n) is 9.00. The van der Waals surface area contributed by atoms with E-state index in [9.17, 15) is 74.7 Å². The van der Waals surface area contributed by atoms with E-state index in [0.29, 0.717) is 0 Å². The molecule has 0 amide bonds. The van der Waals surface area contributed by atoms with E-state index in [0.717, 1.165) is 13.8 Å². The van der Waals surface area contributed by atoms with Crippen molar-refractivity contribution >= 4 is 35.8 Å². The van der Waals surface area contributed by atoms with Gasteiger partial charge in [-0.2, -0.15) is 0 Å². The number of rotatable bonds is 14.